The fourth-order valence-corrected chi connectivity index (χ4v) is 2.08. The molecule has 1 N–H and O–H groups in total. The summed E-state index contributed by atoms with van der Waals surface area (Å²) in [6, 6.07) is 10.7. The molecule has 2 aromatic rings. The highest BCUT2D eigenvalue weighted by molar-refractivity contribution is 6.43. The molecule has 3 nitrogen and oxygen atoms in total. The lowest BCUT2D eigenvalue weighted by Gasteiger charge is -2.04. The number of benzene rings is 2. The van der Waals surface area contributed by atoms with Crippen LogP contribution in [0.4, 0.5) is 0 Å². The average molecular weight is 321 g/mol. The fourth-order valence-electron chi connectivity index (χ4n) is 1.73. The number of hydrogen-bond donors (Lipinski definition) is 1. The third-order valence-corrected chi connectivity index (χ3v) is 3.95. The van der Waals surface area contributed by atoms with Crippen LogP contribution in [0.2, 0.25) is 10.0 Å². The molecule has 0 aliphatic carbocycles. The Morgan fingerprint density at radius 1 is 1.14 bits per heavy atom. The molecule has 0 unspecified atom stereocenters. The zero-order valence-electron chi connectivity index (χ0n) is 11.7. The minimum absolute atomic E-state index is 0.271. The third kappa shape index (κ3) is 3.84. The first-order chi connectivity index (χ1) is 9.99. The van der Waals surface area contributed by atoms with E-state index < -0.39 is 0 Å². The molecule has 0 atom stereocenters. The summed E-state index contributed by atoms with van der Waals surface area (Å²) in [6.45, 7) is 3.96. The van der Waals surface area contributed by atoms with Crippen LogP contribution < -0.4 is 5.43 Å². The first-order valence-electron chi connectivity index (χ1n) is 6.33. The summed E-state index contributed by atoms with van der Waals surface area (Å²) < 4.78 is 0. The van der Waals surface area contributed by atoms with Crippen LogP contribution >= 0.6 is 23.2 Å². The second-order valence-electron chi connectivity index (χ2n) is 4.64. The lowest BCUT2D eigenvalue weighted by molar-refractivity contribution is 0.0955. The van der Waals surface area contributed by atoms with E-state index >= 15 is 0 Å². The molecule has 2 aromatic carbocycles. The van der Waals surface area contributed by atoms with Crippen LogP contribution in [0.1, 0.15) is 27.0 Å². The number of nitrogens with one attached hydrogen (secondary N) is 1. The van der Waals surface area contributed by atoms with Gasteiger partial charge in [0.2, 0.25) is 0 Å². The monoisotopic (exact) mass is 320 g/mol. The first-order valence-corrected chi connectivity index (χ1v) is 7.09. The van der Waals surface area contributed by atoms with Gasteiger partial charge in [-0.25, -0.2) is 5.43 Å². The van der Waals surface area contributed by atoms with Crippen molar-refractivity contribution in [3.8, 4) is 0 Å². The third-order valence-electron chi connectivity index (χ3n) is 3.12. The van der Waals surface area contributed by atoms with Gasteiger partial charge >= 0.3 is 0 Å². The van der Waals surface area contributed by atoms with Crippen LogP contribution in [0.5, 0.6) is 0 Å². The van der Waals surface area contributed by atoms with Gasteiger partial charge in [0.25, 0.3) is 5.91 Å². The van der Waals surface area contributed by atoms with Crippen molar-refractivity contribution in [3.05, 3.63) is 68.7 Å². The molecule has 0 fully saturated rings. The second-order valence-corrected chi connectivity index (χ2v) is 5.43. The topological polar surface area (TPSA) is 41.5 Å². The summed E-state index contributed by atoms with van der Waals surface area (Å²) in [6.07, 6.45) is 1.47. The molecule has 0 aromatic heterocycles. The van der Waals surface area contributed by atoms with Crippen molar-refractivity contribution in [1.29, 1.82) is 0 Å². The first kappa shape index (κ1) is 15.5. The van der Waals surface area contributed by atoms with E-state index in [0.29, 0.717) is 21.2 Å². The Bertz CT molecular complexity index is 711. The van der Waals surface area contributed by atoms with Crippen LogP contribution in [0.15, 0.2) is 41.5 Å². The van der Waals surface area contributed by atoms with Crippen LogP contribution in [0.25, 0.3) is 0 Å². The Balaban J connectivity index is 2.08. The van der Waals surface area contributed by atoms with Gasteiger partial charge in [-0.2, -0.15) is 5.10 Å². The van der Waals surface area contributed by atoms with Gasteiger partial charge in [0, 0.05) is 11.1 Å². The van der Waals surface area contributed by atoms with Gasteiger partial charge in [0.05, 0.1) is 16.3 Å². The standard InChI is InChI=1S/C16H14Cl2N2O/c1-10-6-7-12(8-11(10)2)16(21)20-19-9-13-4-3-5-14(17)15(13)18/h3-9H,1-2H3,(H,20,21). The molecular weight excluding hydrogens is 307 g/mol. The predicted molar refractivity (Wildman–Crippen MR) is 87.4 cm³/mol. The van der Waals surface area contributed by atoms with Crippen molar-refractivity contribution in [2.75, 3.05) is 0 Å². The summed E-state index contributed by atoms with van der Waals surface area (Å²) in [7, 11) is 0. The van der Waals surface area contributed by atoms with E-state index in [1.54, 1.807) is 24.3 Å². The normalized spacial score (nSPS) is 10.9. The van der Waals surface area contributed by atoms with Gasteiger partial charge in [-0.3, -0.25) is 4.79 Å². The summed E-state index contributed by atoms with van der Waals surface area (Å²) in [5, 5.41) is 4.76. The molecule has 0 saturated carbocycles. The molecule has 0 saturated heterocycles. The van der Waals surface area contributed by atoms with E-state index in [9.17, 15) is 4.79 Å². The number of nitrogens with zero attached hydrogens (tertiary/aromatic N) is 1. The molecule has 2 rings (SSSR count). The van der Waals surface area contributed by atoms with Crippen molar-refractivity contribution >= 4 is 35.3 Å². The lowest BCUT2D eigenvalue weighted by atomic mass is 10.1. The Morgan fingerprint density at radius 2 is 1.90 bits per heavy atom. The van der Waals surface area contributed by atoms with E-state index in [1.807, 2.05) is 26.0 Å². The van der Waals surface area contributed by atoms with Gasteiger partial charge in [0.1, 0.15) is 0 Å². The average Bonchev–Trinajstić information content (AvgIpc) is 2.46. The van der Waals surface area contributed by atoms with Crippen LogP contribution in [-0.2, 0) is 0 Å². The van der Waals surface area contributed by atoms with Gasteiger partial charge in [-0.05, 0) is 43.2 Å². The lowest BCUT2D eigenvalue weighted by Crippen LogP contribution is -2.17. The smallest absolute Gasteiger partial charge is 0.267 e. The molecule has 5 heteroatoms. The van der Waals surface area contributed by atoms with Crippen LogP contribution in [0.3, 0.4) is 0 Å². The minimum atomic E-state index is -0.271. The SMILES string of the molecule is Cc1ccc(C(=O)NN=Cc2cccc(Cl)c2Cl)cc1C. The number of amides is 1. The van der Waals surface area contributed by atoms with Crippen LogP contribution in [-0.4, -0.2) is 12.1 Å². The molecule has 0 radical (unpaired) electrons. The number of carbonyl (C=O) groups is 1. The van der Waals surface area contributed by atoms with Crippen molar-refractivity contribution in [3.63, 3.8) is 0 Å². The molecule has 0 aliphatic heterocycles. The number of aryl methyl sites for hydroxylation is 2. The Morgan fingerprint density at radius 3 is 2.62 bits per heavy atom. The van der Waals surface area contributed by atoms with Gasteiger partial charge in [-0.15, -0.1) is 0 Å². The maximum atomic E-state index is 12.0. The summed E-state index contributed by atoms with van der Waals surface area (Å²) in [5.74, 6) is -0.271. The molecule has 0 heterocycles. The molecule has 0 bridgehead atoms. The molecular formula is C16H14Cl2N2O. The van der Waals surface area contributed by atoms with Crippen molar-refractivity contribution < 1.29 is 4.79 Å². The number of hydrazone groups is 1. The Kier molecular flexibility index (Phi) is 4.99. The van der Waals surface area contributed by atoms with E-state index in [1.165, 1.54) is 6.21 Å². The maximum Gasteiger partial charge on any atom is 0.271 e. The predicted octanol–water partition coefficient (Wildman–Crippen LogP) is 4.37. The minimum Gasteiger partial charge on any atom is -0.267 e. The van der Waals surface area contributed by atoms with Gasteiger partial charge in [-0.1, -0.05) is 41.4 Å². The number of hydrogen-bond acceptors (Lipinski definition) is 2. The molecule has 0 spiro atoms. The van der Waals surface area contributed by atoms with E-state index in [0.717, 1.165) is 11.1 Å². The van der Waals surface area contributed by atoms with Gasteiger partial charge < -0.3 is 0 Å². The van der Waals surface area contributed by atoms with E-state index in [4.69, 9.17) is 23.2 Å². The second kappa shape index (κ2) is 6.74. The largest absolute Gasteiger partial charge is 0.271 e. The van der Waals surface area contributed by atoms with Crippen molar-refractivity contribution in [2.24, 2.45) is 5.10 Å². The highest BCUT2D eigenvalue weighted by Gasteiger charge is 2.06. The summed E-state index contributed by atoms with van der Waals surface area (Å²) in [4.78, 5) is 12.0. The number of rotatable bonds is 3. The van der Waals surface area contributed by atoms with E-state index in [2.05, 4.69) is 10.5 Å². The highest BCUT2D eigenvalue weighted by Crippen LogP contribution is 2.24. The van der Waals surface area contributed by atoms with Crippen molar-refractivity contribution in [2.45, 2.75) is 13.8 Å². The number of carbonyl (C=O) groups excluding carboxylic acids is 1. The summed E-state index contributed by atoms with van der Waals surface area (Å²) in [5.41, 5.74) is 5.87. The Hall–Kier alpha value is -1.84. The molecule has 108 valence electrons. The zero-order valence-corrected chi connectivity index (χ0v) is 13.2. The Labute approximate surface area is 133 Å². The number of halogens is 2. The summed E-state index contributed by atoms with van der Waals surface area (Å²) >= 11 is 11.9. The molecule has 21 heavy (non-hydrogen) atoms. The fraction of sp³-hybridized carbons (Fsp3) is 0.125. The molecule has 1 amide bonds. The van der Waals surface area contributed by atoms with Crippen LogP contribution in [0, 0.1) is 13.8 Å². The highest BCUT2D eigenvalue weighted by atomic mass is 35.5. The quantitative estimate of drug-likeness (QED) is 0.662. The zero-order chi connectivity index (χ0) is 15.4. The molecule has 0 aliphatic rings. The maximum absolute atomic E-state index is 12.0. The van der Waals surface area contributed by atoms with E-state index in [-0.39, 0.29) is 5.91 Å². The van der Waals surface area contributed by atoms with Crippen molar-refractivity contribution in [1.82, 2.24) is 5.43 Å². The van der Waals surface area contributed by atoms with Gasteiger partial charge in [0.15, 0.2) is 0 Å².